The first-order valence-electron chi connectivity index (χ1n) is 9.38. The molecule has 1 N–H and O–H groups in total. The molecule has 6 heteroatoms. The molecule has 144 valence electrons. The second-order valence-electron chi connectivity index (χ2n) is 7.38. The van der Waals surface area contributed by atoms with Gasteiger partial charge in [-0.3, -0.25) is 14.4 Å². The minimum Gasteiger partial charge on any atom is -0.481 e. The molecule has 1 heterocycles. The molecule has 0 bridgehead atoms. The van der Waals surface area contributed by atoms with Crippen molar-refractivity contribution in [1.29, 1.82) is 0 Å². The topological polar surface area (TPSA) is 89.9 Å². The molecule has 25 heavy (non-hydrogen) atoms. The van der Waals surface area contributed by atoms with Gasteiger partial charge in [-0.05, 0) is 25.7 Å². The summed E-state index contributed by atoms with van der Waals surface area (Å²) in [6.07, 6.45) is 7.78. The molecule has 0 aromatic heterocycles. The predicted octanol–water partition coefficient (Wildman–Crippen LogP) is 3.57. The van der Waals surface area contributed by atoms with Crippen molar-refractivity contribution in [3.63, 3.8) is 0 Å². The zero-order valence-electron chi connectivity index (χ0n) is 15.7. The van der Waals surface area contributed by atoms with E-state index >= 15 is 0 Å². The molecular weight excluding hydrogens is 324 g/mol. The van der Waals surface area contributed by atoms with Crippen LogP contribution in [0, 0.1) is 17.8 Å². The summed E-state index contributed by atoms with van der Waals surface area (Å²) in [6.45, 7) is 5.31. The summed E-state index contributed by atoms with van der Waals surface area (Å²) < 4.78 is 10.5. The molecular formula is C19H32O6. The summed E-state index contributed by atoms with van der Waals surface area (Å²) in [4.78, 5) is 33.1. The first kappa shape index (κ1) is 21.5. The van der Waals surface area contributed by atoms with Gasteiger partial charge in [0.1, 0.15) is 6.61 Å². The molecule has 6 nitrogen and oxygen atoms in total. The van der Waals surface area contributed by atoms with Gasteiger partial charge in [0.15, 0.2) is 0 Å². The summed E-state index contributed by atoms with van der Waals surface area (Å²) in [6, 6.07) is 0. The molecule has 2 fully saturated rings. The van der Waals surface area contributed by atoms with Crippen LogP contribution in [0.3, 0.4) is 0 Å². The molecule has 2 atom stereocenters. The number of ether oxygens (including phenoxy) is 2. The number of cyclic esters (lactones) is 2. The Labute approximate surface area is 150 Å². The molecule has 0 aromatic carbocycles. The van der Waals surface area contributed by atoms with Crippen LogP contribution in [0.2, 0.25) is 0 Å². The van der Waals surface area contributed by atoms with Crippen molar-refractivity contribution < 1.29 is 29.0 Å². The maximum absolute atomic E-state index is 12.1. The van der Waals surface area contributed by atoms with Crippen molar-refractivity contribution in [3.05, 3.63) is 0 Å². The second kappa shape index (κ2) is 11.1. The number of hydrogen-bond donors (Lipinski definition) is 1. The Hall–Kier alpha value is -1.59. The largest absolute Gasteiger partial charge is 0.481 e. The Morgan fingerprint density at radius 3 is 2.36 bits per heavy atom. The van der Waals surface area contributed by atoms with E-state index in [1.54, 1.807) is 13.8 Å². The summed E-state index contributed by atoms with van der Waals surface area (Å²) >= 11 is 0. The third kappa shape index (κ3) is 8.89. The van der Waals surface area contributed by atoms with E-state index in [4.69, 9.17) is 14.6 Å². The van der Waals surface area contributed by atoms with Gasteiger partial charge >= 0.3 is 17.9 Å². The molecule has 0 aromatic rings. The molecule has 2 unspecified atom stereocenters. The lowest BCUT2D eigenvalue weighted by Crippen LogP contribution is -2.25. The van der Waals surface area contributed by atoms with Crippen molar-refractivity contribution >= 4 is 17.9 Å². The van der Waals surface area contributed by atoms with Crippen LogP contribution in [0.1, 0.15) is 72.1 Å². The van der Waals surface area contributed by atoms with E-state index < -0.39 is 5.97 Å². The lowest BCUT2D eigenvalue weighted by atomic mass is 9.81. The van der Waals surface area contributed by atoms with Crippen LogP contribution in [-0.4, -0.2) is 35.7 Å². The highest BCUT2D eigenvalue weighted by Crippen LogP contribution is 2.31. The fraction of sp³-hybridized carbons (Fsp3) is 0.842. The maximum Gasteiger partial charge on any atom is 0.309 e. The number of rotatable bonds is 3. The van der Waals surface area contributed by atoms with E-state index in [9.17, 15) is 14.4 Å². The summed E-state index contributed by atoms with van der Waals surface area (Å²) in [5.74, 6) is -0.853. The van der Waals surface area contributed by atoms with Gasteiger partial charge in [-0.15, -0.1) is 0 Å². The second-order valence-corrected chi connectivity index (χ2v) is 7.38. The number of esters is 2. The lowest BCUT2D eigenvalue weighted by Gasteiger charge is -2.26. The monoisotopic (exact) mass is 356 g/mol. The molecule has 2 aliphatic rings. The van der Waals surface area contributed by atoms with Crippen molar-refractivity contribution in [2.75, 3.05) is 6.61 Å². The van der Waals surface area contributed by atoms with Crippen molar-refractivity contribution in [1.82, 2.24) is 0 Å². The standard InChI is InChI=1S/C15H24O4.C4H8O2/c1-11-9-13(10-12-5-3-2-4-6-12)15(17)18-8-7-14(16)19-11;1-3(2)4(5)6/h11-13H,2-10H2,1H3;3H,1-2H3,(H,5,6). The van der Waals surface area contributed by atoms with Crippen LogP contribution in [-0.2, 0) is 23.9 Å². The van der Waals surface area contributed by atoms with E-state index in [1.807, 2.05) is 6.92 Å². The molecule has 0 radical (unpaired) electrons. The Kier molecular flexibility index (Phi) is 9.53. The molecule has 0 amide bonds. The van der Waals surface area contributed by atoms with Gasteiger partial charge in [0.05, 0.1) is 24.4 Å². The number of aliphatic carboxylic acids is 1. The van der Waals surface area contributed by atoms with Crippen molar-refractivity contribution in [2.24, 2.45) is 17.8 Å². The third-order valence-corrected chi connectivity index (χ3v) is 4.67. The van der Waals surface area contributed by atoms with Gasteiger partial charge in [0, 0.05) is 0 Å². The lowest BCUT2D eigenvalue weighted by molar-refractivity contribution is -0.149. The Morgan fingerprint density at radius 1 is 1.20 bits per heavy atom. The van der Waals surface area contributed by atoms with Gasteiger partial charge < -0.3 is 14.6 Å². The predicted molar refractivity (Wildman–Crippen MR) is 92.9 cm³/mol. The maximum atomic E-state index is 12.1. The summed E-state index contributed by atoms with van der Waals surface area (Å²) in [5.41, 5.74) is 0. The average molecular weight is 356 g/mol. The van der Waals surface area contributed by atoms with Crippen LogP contribution < -0.4 is 0 Å². The number of hydrogen-bond acceptors (Lipinski definition) is 5. The van der Waals surface area contributed by atoms with Crippen LogP contribution in [0.5, 0.6) is 0 Å². The first-order chi connectivity index (χ1) is 11.8. The average Bonchev–Trinajstić information content (AvgIpc) is 2.60. The zero-order chi connectivity index (χ0) is 18.8. The molecule has 1 saturated heterocycles. The number of carbonyl (C=O) groups excluding carboxylic acids is 2. The fourth-order valence-corrected chi connectivity index (χ4v) is 3.20. The van der Waals surface area contributed by atoms with E-state index in [-0.39, 0.29) is 42.9 Å². The van der Waals surface area contributed by atoms with Gasteiger partial charge in [-0.2, -0.15) is 0 Å². The normalized spacial score (nSPS) is 25.6. The van der Waals surface area contributed by atoms with Crippen LogP contribution >= 0.6 is 0 Å². The molecule has 0 spiro atoms. The molecule has 1 saturated carbocycles. The molecule has 1 aliphatic carbocycles. The number of carboxylic acid groups (broad SMARTS) is 1. The smallest absolute Gasteiger partial charge is 0.309 e. The van der Waals surface area contributed by atoms with Crippen LogP contribution in [0.25, 0.3) is 0 Å². The number of carbonyl (C=O) groups is 3. The number of carboxylic acids is 1. The van der Waals surface area contributed by atoms with Gasteiger partial charge in [-0.1, -0.05) is 46.0 Å². The highest BCUT2D eigenvalue weighted by Gasteiger charge is 2.29. The fourth-order valence-electron chi connectivity index (χ4n) is 3.20. The summed E-state index contributed by atoms with van der Waals surface area (Å²) in [7, 11) is 0. The molecule has 2 rings (SSSR count). The highest BCUT2D eigenvalue weighted by atomic mass is 16.6. The van der Waals surface area contributed by atoms with E-state index in [1.165, 1.54) is 32.1 Å². The van der Waals surface area contributed by atoms with Crippen LogP contribution in [0.15, 0.2) is 0 Å². The third-order valence-electron chi connectivity index (χ3n) is 4.67. The van der Waals surface area contributed by atoms with E-state index in [0.717, 1.165) is 6.42 Å². The minimum atomic E-state index is -0.741. The van der Waals surface area contributed by atoms with E-state index in [2.05, 4.69) is 0 Å². The van der Waals surface area contributed by atoms with Gasteiger partial charge in [0.2, 0.25) is 0 Å². The first-order valence-corrected chi connectivity index (χ1v) is 9.38. The Bertz CT molecular complexity index is 439. The highest BCUT2D eigenvalue weighted by molar-refractivity contribution is 5.74. The summed E-state index contributed by atoms with van der Waals surface area (Å²) in [5, 5.41) is 7.99. The van der Waals surface area contributed by atoms with Gasteiger partial charge in [-0.25, -0.2) is 0 Å². The van der Waals surface area contributed by atoms with Crippen molar-refractivity contribution in [2.45, 2.75) is 78.2 Å². The quantitative estimate of drug-likeness (QED) is 0.778. The minimum absolute atomic E-state index is 0.107. The van der Waals surface area contributed by atoms with Gasteiger partial charge in [0.25, 0.3) is 0 Å². The molecule has 1 aliphatic heterocycles. The van der Waals surface area contributed by atoms with Crippen LogP contribution in [0.4, 0.5) is 0 Å². The van der Waals surface area contributed by atoms with E-state index in [0.29, 0.717) is 12.3 Å². The Balaban J connectivity index is 0.000000450. The van der Waals surface area contributed by atoms with Crippen molar-refractivity contribution in [3.8, 4) is 0 Å². The zero-order valence-corrected chi connectivity index (χ0v) is 15.7. The SMILES string of the molecule is CC(C)C(=O)O.CC1CC(CC2CCCCC2)C(=O)OCCC(=O)O1. The Morgan fingerprint density at radius 2 is 1.80 bits per heavy atom.